The molecule has 0 spiro atoms. The summed E-state index contributed by atoms with van der Waals surface area (Å²) in [6.07, 6.45) is 0.519. The Kier molecular flexibility index (Phi) is 4.53. The number of hydrogen-bond donors (Lipinski definition) is 1. The maximum atomic E-state index is 14.4. The second-order valence-electron chi connectivity index (χ2n) is 5.84. The highest BCUT2D eigenvalue weighted by Gasteiger charge is 2.31. The molecule has 2 amide bonds. The van der Waals surface area contributed by atoms with Crippen molar-refractivity contribution in [3.63, 3.8) is 0 Å². The average molecular weight is 347 g/mol. The molecule has 1 aliphatic rings. The number of halogens is 2. The second-order valence-corrected chi connectivity index (χ2v) is 6.28. The zero-order valence-electron chi connectivity index (χ0n) is 12.8. The van der Waals surface area contributed by atoms with Crippen LogP contribution in [0.5, 0.6) is 0 Å². The summed E-state index contributed by atoms with van der Waals surface area (Å²) in [6, 6.07) is 11.5. The molecule has 0 unspecified atom stereocenters. The molecule has 1 saturated heterocycles. The van der Waals surface area contributed by atoms with Gasteiger partial charge in [0, 0.05) is 18.1 Å². The Hall–Kier alpha value is -2.40. The summed E-state index contributed by atoms with van der Waals surface area (Å²) < 4.78 is 14.4. The van der Waals surface area contributed by atoms with E-state index >= 15 is 0 Å². The Bertz CT molecular complexity index is 792. The van der Waals surface area contributed by atoms with Gasteiger partial charge in [0.25, 0.3) is 5.91 Å². The summed E-state index contributed by atoms with van der Waals surface area (Å²) in [5.41, 5.74) is 6.74. The molecule has 1 atom stereocenters. The van der Waals surface area contributed by atoms with Crippen LogP contribution in [-0.4, -0.2) is 29.8 Å². The van der Waals surface area contributed by atoms with Gasteiger partial charge in [-0.1, -0.05) is 29.8 Å². The highest BCUT2D eigenvalue weighted by Crippen LogP contribution is 2.25. The summed E-state index contributed by atoms with van der Waals surface area (Å²) >= 11 is 5.85. The van der Waals surface area contributed by atoms with E-state index in [1.165, 1.54) is 17.0 Å². The number of benzene rings is 2. The smallest absolute Gasteiger partial charge is 0.256 e. The lowest BCUT2D eigenvalue weighted by atomic mass is 10.0. The van der Waals surface area contributed by atoms with E-state index in [0.717, 1.165) is 5.56 Å². The maximum absolute atomic E-state index is 14.4. The van der Waals surface area contributed by atoms with Crippen LogP contribution in [0.1, 0.15) is 16.8 Å². The van der Waals surface area contributed by atoms with Crippen molar-refractivity contribution < 1.29 is 14.0 Å². The number of carbonyl (C=O) groups excluding carboxylic acids is 2. The van der Waals surface area contributed by atoms with Gasteiger partial charge in [-0.3, -0.25) is 9.59 Å². The lowest BCUT2D eigenvalue weighted by Gasteiger charge is -2.16. The van der Waals surface area contributed by atoms with Crippen molar-refractivity contribution in [3.8, 4) is 11.1 Å². The molecule has 24 heavy (non-hydrogen) atoms. The standard InChI is InChI=1S/C18H16ClFN2O2/c19-14-4-1-11(2-5-14)12-3-6-15(16(20)9-12)18(24)22-8-7-13(10-22)17(21)23/h1-6,9,13H,7-8,10H2,(H2,21,23)/t13-/m0/s1. The number of nitrogens with two attached hydrogens (primary N) is 1. The third-order valence-corrected chi connectivity index (χ3v) is 4.51. The van der Waals surface area contributed by atoms with Crippen molar-refractivity contribution in [2.75, 3.05) is 13.1 Å². The molecule has 0 aliphatic carbocycles. The third kappa shape index (κ3) is 3.26. The normalized spacial score (nSPS) is 17.1. The van der Waals surface area contributed by atoms with Crippen molar-refractivity contribution in [1.29, 1.82) is 0 Å². The zero-order valence-corrected chi connectivity index (χ0v) is 13.6. The van der Waals surface area contributed by atoms with E-state index in [1.807, 2.05) is 0 Å². The molecule has 0 bridgehead atoms. The van der Waals surface area contributed by atoms with E-state index in [2.05, 4.69) is 0 Å². The number of likely N-dealkylation sites (tertiary alicyclic amines) is 1. The van der Waals surface area contributed by atoms with Crippen LogP contribution in [0, 0.1) is 11.7 Å². The minimum atomic E-state index is -0.588. The molecule has 4 nitrogen and oxygen atoms in total. The largest absolute Gasteiger partial charge is 0.369 e. The lowest BCUT2D eigenvalue weighted by Crippen LogP contribution is -2.32. The molecule has 0 saturated carbocycles. The number of primary amides is 1. The SMILES string of the molecule is NC(=O)[C@H]1CCN(C(=O)c2ccc(-c3ccc(Cl)cc3)cc2F)C1. The second kappa shape index (κ2) is 6.61. The van der Waals surface area contributed by atoms with Crippen molar-refractivity contribution in [1.82, 2.24) is 4.90 Å². The first-order valence-corrected chi connectivity index (χ1v) is 7.97. The first-order chi connectivity index (χ1) is 11.5. The summed E-state index contributed by atoms with van der Waals surface area (Å²) in [6.45, 7) is 0.650. The molecule has 2 N–H and O–H groups in total. The maximum Gasteiger partial charge on any atom is 0.256 e. The number of amides is 2. The number of nitrogens with zero attached hydrogens (tertiary/aromatic N) is 1. The average Bonchev–Trinajstić information content (AvgIpc) is 3.05. The van der Waals surface area contributed by atoms with Gasteiger partial charge in [-0.05, 0) is 41.8 Å². The number of rotatable bonds is 3. The third-order valence-electron chi connectivity index (χ3n) is 4.25. The molecule has 3 rings (SSSR count). The van der Waals surface area contributed by atoms with Crippen LogP contribution in [-0.2, 0) is 4.79 Å². The monoisotopic (exact) mass is 346 g/mol. The van der Waals surface area contributed by atoms with Gasteiger partial charge < -0.3 is 10.6 Å². The van der Waals surface area contributed by atoms with E-state index in [-0.39, 0.29) is 18.0 Å². The molecule has 2 aromatic rings. The van der Waals surface area contributed by atoms with Crippen LogP contribution in [0.25, 0.3) is 11.1 Å². The van der Waals surface area contributed by atoms with Gasteiger partial charge in [0.15, 0.2) is 0 Å². The molecule has 1 fully saturated rings. The summed E-state index contributed by atoms with van der Waals surface area (Å²) in [5, 5.41) is 0.601. The molecule has 0 aromatic heterocycles. The van der Waals surface area contributed by atoms with E-state index in [0.29, 0.717) is 23.6 Å². The van der Waals surface area contributed by atoms with Gasteiger partial charge in [-0.2, -0.15) is 0 Å². The first kappa shape index (κ1) is 16.5. The van der Waals surface area contributed by atoms with Gasteiger partial charge in [-0.25, -0.2) is 4.39 Å². The van der Waals surface area contributed by atoms with E-state index in [1.54, 1.807) is 30.3 Å². The quantitative estimate of drug-likeness (QED) is 0.928. The van der Waals surface area contributed by atoms with Crippen LogP contribution < -0.4 is 5.73 Å². The molecular formula is C18H16ClFN2O2. The predicted octanol–water partition coefficient (Wildman–Crippen LogP) is 3.09. The molecule has 1 heterocycles. The highest BCUT2D eigenvalue weighted by molar-refractivity contribution is 6.30. The highest BCUT2D eigenvalue weighted by atomic mass is 35.5. The Labute approximate surface area is 144 Å². The fraction of sp³-hybridized carbons (Fsp3) is 0.222. The van der Waals surface area contributed by atoms with E-state index < -0.39 is 17.6 Å². The fourth-order valence-electron chi connectivity index (χ4n) is 2.86. The minimum Gasteiger partial charge on any atom is -0.369 e. The molecule has 0 radical (unpaired) electrons. The van der Waals surface area contributed by atoms with Crippen molar-refractivity contribution in [3.05, 3.63) is 58.9 Å². The summed E-state index contributed by atoms with van der Waals surface area (Å²) in [4.78, 5) is 25.1. The summed E-state index contributed by atoms with van der Waals surface area (Å²) in [5.74, 6) is -1.79. The lowest BCUT2D eigenvalue weighted by molar-refractivity contribution is -0.121. The van der Waals surface area contributed by atoms with Crippen LogP contribution in [0.15, 0.2) is 42.5 Å². The van der Waals surface area contributed by atoms with Crippen molar-refractivity contribution >= 4 is 23.4 Å². The van der Waals surface area contributed by atoms with Crippen LogP contribution in [0.3, 0.4) is 0 Å². The van der Waals surface area contributed by atoms with Gasteiger partial charge in [-0.15, -0.1) is 0 Å². The predicted molar refractivity (Wildman–Crippen MR) is 90.1 cm³/mol. The van der Waals surface area contributed by atoms with Gasteiger partial charge in [0.1, 0.15) is 5.82 Å². The number of carbonyl (C=O) groups is 2. The van der Waals surface area contributed by atoms with E-state index in [4.69, 9.17) is 17.3 Å². The van der Waals surface area contributed by atoms with Crippen molar-refractivity contribution in [2.24, 2.45) is 11.7 Å². The minimum absolute atomic E-state index is 0.00201. The zero-order chi connectivity index (χ0) is 17.3. The van der Waals surface area contributed by atoms with E-state index in [9.17, 15) is 14.0 Å². The molecule has 2 aromatic carbocycles. The van der Waals surface area contributed by atoms with Crippen LogP contribution in [0.2, 0.25) is 5.02 Å². The molecule has 124 valence electrons. The Morgan fingerprint density at radius 1 is 1.12 bits per heavy atom. The Morgan fingerprint density at radius 2 is 1.79 bits per heavy atom. The number of hydrogen-bond acceptors (Lipinski definition) is 2. The Morgan fingerprint density at radius 3 is 2.38 bits per heavy atom. The first-order valence-electron chi connectivity index (χ1n) is 7.60. The molecule has 1 aliphatic heterocycles. The summed E-state index contributed by atoms with van der Waals surface area (Å²) in [7, 11) is 0. The van der Waals surface area contributed by atoms with Gasteiger partial charge >= 0.3 is 0 Å². The van der Waals surface area contributed by atoms with Gasteiger partial charge in [0.2, 0.25) is 5.91 Å². The molecule has 6 heteroatoms. The Balaban J connectivity index is 1.81. The van der Waals surface area contributed by atoms with Gasteiger partial charge in [0.05, 0.1) is 11.5 Å². The van der Waals surface area contributed by atoms with Crippen LogP contribution >= 0.6 is 11.6 Å². The fourth-order valence-corrected chi connectivity index (χ4v) is 2.98. The molecular weight excluding hydrogens is 331 g/mol. The van der Waals surface area contributed by atoms with Crippen LogP contribution in [0.4, 0.5) is 4.39 Å². The van der Waals surface area contributed by atoms with Crippen molar-refractivity contribution in [2.45, 2.75) is 6.42 Å². The topological polar surface area (TPSA) is 63.4 Å².